The van der Waals surface area contributed by atoms with Crippen molar-refractivity contribution >= 4 is 23.6 Å². The molecule has 3 unspecified atom stereocenters. The van der Waals surface area contributed by atoms with Gasteiger partial charge < -0.3 is 10.2 Å². The summed E-state index contributed by atoms with van der Waals surface area (Å²) in [5.41, 5.74) is 0. The van der Waals surface area contributed by atoms with Gasteiger partial charge in [0.1, 0.15) is 12.1 Å². The Hall–Kier alpha value is -0.710. The van der Waals surface area contributed by atoms with Gasteiger partial charge in [-0.15, -0.1) is 0 Å². The summed E-state index contributed by atoms with van der Waals surface area (Å²) in [6.45, 7) is 6.03. The lowest BCUT2D eigenvalue weighted by Crippen LogP contribution is -2.66. The molecule has 0 aromatic carbocycles. The van der Waals surface area contributed by atoms with Crippen LogP contribution in [0.5, 0.6) is 0 Å². The lowest BCUT2D eigenvalue weighted by Gasteiger charge is -2.43. The number of nitrogens with one attached hydrogen (secondary N) is 1. The van der Waals surface area contributed by atoms with Gasteiger partial charge in [-0.3, -0.25) is 9.59 Å². The van der Waals surface area contributed by atoms with Crippen molar-refractivity contribution in [2.75, 3.05) is 11.5 Å². The van der Waals surface area contributed by atoms with Gasteiger partial charge in [0.2, 0.25) is 11.8 Å². The molecular formula is C16H28N2O2S. The van der Waals surface area contributed by atoms with E-state index in [1.807, 2.05) is 23.6 Å². The lowest BCUT2D eigenvalue weighted by atomic mass is 9.82. The average Bonchev–Trinajstić information content (AvgIpc) is 2.50. The molecule has 2 amide bonds. The fraction of sp³-hybridized carbons (Fsp3) is 0.875. The summed E-state index contributed by atoms with van der Waals surface area (Å²) in [7, 11) is 0. The molecule has 5 heteroatoms. The van der Waals surface area contributed by atoms with Gasteiger partial charge in [0.05, 0.1) is 0 Å². The normalized spacial score (nSPS) is 29.4. The maximum absolute atomic E-state index is 12.9. The third-order valence-electron chi connectivity index (χ3n) is 4.77. The minimum atomic E-state index is -0.343. The minimum Gasteiger partial charge on any atom is -0.342 e. The van der Waals surface area contributed by atoms with Crippen LogP contribution >= 0.6 is 11.8 Å². The first-order valence-electron chi connectivity index (χ1n) is 8.26. The van der Waals surface area contributed by atoms with Crippen LogP contribution in [0.25, 0.3) is 0 Å². The number of hydrogen-bond acceptors (Lipinski definition) is 3. The molecule has 0 radical (unpaired) electrons. The van der Waals surface area contributed by atoms with Crippen molar-refractivity contribution in [3.63, 3.8) is 0 Å². The van der Waals surface area contributed by atoms with E-state index in [0.29, 0.717) is 5.92 Å². The highest BCUT2D eigenvalue weighted by Gasteiger charge is 2.43. The first-order valence-corrected chi connectivity index (χ1v) is 9.42. The van der Waals surface area contributed by atoms with Gasteiger partial charge in [0.15, 0.2) is 0 Å². The van der Waals surface area contributed by atoms with Gasteiger partial charge in [-0.25, -0.2) is 0 Å². The zero-order valence-electron chi connectivity index (χ0n) is 13.4. The summed E-state index contributed by atoms with van der Waals surface area (Å²) >= 11 is 1.83. The van der Waals surface area contributed by atoms with Crippen molar-refractivity contribution in [2.45, 2.75) is 71.0 Å². The molecule has 2 aliphatic rings. The van der Waals surface area contributed by atoms with E-state index in [9.17, 15) is 9.59 Å². The number of piperazine rings is 1. The van der Waals surface area contributed by atoms with Gasteiger partial charge in [0, 0.05) is 11.8 Å². The van der Waals surface area contributed by atoms with Crippen LogP contribution in [-0.4, -0.2) is 46.3 Å². The molecule has 1 N–H and O–H groups in total. The predicted molar refractivity (Wildman–Crippen MR) is 87.3 cm³/mol. The molecule has 0 aromatic rings. The van der Waals surface area contributed by atoms with E-state index in [-0.39, 0.29) is 29.9 Å². The quantitative estimate of drug-likeness (QED) is 0.848. The van der Waals surface area contributed by atoms with E-state index < -0.39 is 0 Å². The van der Waals surface area contributed by atoms with Crippen LogP contribution in [0.4, 0.5) is 0 Å². The van der Waals surface area contributed by atoms with E-state index in [4.69, 9.17) is 0 Å². The summed E-state index contributed by atoms with van der Waals surface area (Å²) in [5, 5.41) is 2.99. The standard InChI is InChI=1S/C16H28N2O2S/c1-4-21-10-11(2)18-12(3)15(19)17-14(16(18)20)13-8-6-5-7-9-13/h11-14H,4-10H2,1-3H3,(H,17,19). The number of carbonyl (C=O) groups is 2. The third-order valence-corrected chi connectivity index (χ3v) is 5.90. The second-order valence-corrected chi connectivity index (χ2v) is 7.63. The third kappa shape index (κ3) is 3.74. The summed E-state index contributed by atoms with van der Waals surface area (Å²) in [5.74, 6) is 2.42. The van der Waals surface area contributed by atoms with Gasteiger partial charge in [0.25, 0.3) is 0 Å². The molecule has 1 saturated carbocycles. The highest BCUT2D eigenvalue weighted by Crippen LogP contribution is 2.30. The Balaban J connectivity index is 2.10. The average molecular weight is 312 g/mol. The number of nitrogens with zero attached hydrogens (tertiary/aromatic N) is 1. The van der Waals surface area contributed by atoms with E-state index >= 15 is 0 Å². The molecule has 21 heavy (non-hydrogen) atoms. The second-order valence-electron chi connectivity index (χ2n) is 6.31. The van der Waals surface area contributed by atoms with Gasteiger partial charge in [-0.2, -0.15) is 11.8 Å². The predicted octanol–water partition coefficient (Wildman–Crippen LogP) is 2.42. The fourth-order valence-electron chi connectivity index (χ4n) is 3.57. The van der Waals surface area contributed by atoms with Crippen LogP contribution < -0.4 is 5.32 Å². The number of hydrogen-bond donors (Lipinski definition) is 1. The SMILES string of the molecule is CCSCC(C)N1C(=O)C(C2CCCCC2)NC(=O)C1C. The zero-order valence-corrected chi connectivity index (χ0v) is 14.2. The molecular weight excluding hydrogens is 284 g/mol. The highest BCUT2D eigenvalue weighted by molar-refractivity contribution is 7.99. The topological polar surface area (TPSA) is 49.4 Å². The largest absolute Gasteiger partial charge is 0.342 e. The molecule has 0 aromatic heterocycles. The maximum atomic E-state index is 12.9. The fourth-order valence-corrected chi connectivity index (χ4v) is 4.31. The summed E-state index contributed by atoms with van der Waals surface area (Å²) in [6, 6.07) is -0.512. The Morgan fingerprint density at radius 2 is 1.95 bits per heavy atom. The molecule has 0 spiro atoms. The van der Waals surface area contributed by atoms with Crippen molar-refractivity contribution in [1.82, 2.24) is 10.2 Å². The van der Waals surface area contributed by atoms with Crippen LogP contribution in [0.15, 0.2) is 0 Å². The molecule has 1 saturated heterocycles. The van der Waals surface area contributed by atoms with Crippen LogP contribution in [0.3, 0.4) is 0 Å². The molecule has 0 bridgehead atoms. The first-order chi connectivity index (χ1) is 10.1. The monoisotopic (exact) mass is 312 g/mol. The smallest absolute Gasteiger partial charge is 0.246 e. The maximum Gasteiger partial charge on any atom is 0.246 e. The van der Waals surface area contributed by atoms with Crippen LogP contribution in [0.2, 0.25) is 0 Å². The van der Waals surface area contributed by atoms with Crippen LogP contribution in [0.1, 0.15) is 52.9 Å². The number of carbonyl (C=O) groups excluding carboxylic acids is 2. The summed E-state index contributed by atoms with van der Waals surface area (Å²) in [6.07, 6.45) is 5.76. The molecule has 2 rings (SSSR count). The van der Waals surface area contributed by atoms with Crippen molar-refractivity contribution < 1.29 is 9.59 Å². The van der Waals surface area contributed by atoms with Gasteiger partial charge in [-0.05, 0) is 38.4 Å². The van der Waals surface area contributed by atoms with E-state index in [1.165, 1.54) is 19.3 Å². The van der Waals surface area contributed by atoms with Crippen molar-refractivity contribution in [3.05, 3.63) is 0 Å². The molecule has 1 aliphatic heterocycles. The van der Waals surface area contributed by atoms with E-state index in [2.05, 4.69) is 19.2 Å². The number of thioether (sulfide) groups is 1. The molecule has 1 aliphatic carbocycles. The van der Waals surface area contributed by atoms with Crippen LogP contribution in [-0.2, 0) is 9.59 Å². The van der Waals surface area contributed by atoms with Crippen molar-refractivity contribution in [2.24, 2.45) is 5.92 Å². The van der Waals surface area contributed by atoms with Crippen molar-refractivity contribution in [3.8, 4) is 0 Å². The van der Waals surface area contributed by atoms with E-state index in [1.54, 1.807) is 0 Å². The molecule has 3 atom stereocenters. The Bertz CT molecular complexity index is 382. The van der Waals surface area contributed by atoms with Crippen LogP contribution in [0, 0.1) is 5.92 Å². The molecule has 2 fully saturated rings. The Morgan fingerprint density at radius 3 is 2.57 bits per heavy atom. The van der Waals surface area contributed by atoms with Crippen molar-refractivity contribution in [1.29, 1.82) is 0 Å². The molecule has 1 heterocycles. The second kappa shape index (κ2) is 7.52. The van der Waals surface area contributed by atoms with Gasteiger partial charge in [-0.1, -0.05) is 26.2 Å². The first kappa shape index (κ1) is 16.7. The summed E-state index contributed by atoms with van der Waals surface area (Å²) in [4.78, 5) is 27.0. The Morgan fingerprint density at radius 1 is 1.29 bits per heavy atom. The molecule has 4 nitrogen and oxygen atoms in total. The van der Waals surface area contributed by atoms with E-state index in [0.717, 1.165) is 24.3 Å². The number of amides is 2. The highest BCUT2D eigenvalue weighted by atomic mass is 32.2. The Kier molecular flexibility index (Phi) is 5.97. The Labute approximate surface area is 132 Å². The van der Waals surface area contributed by atoms with Gasteiger partial charge >= 0.3 is 0 Å². The lowest BCUT2D eigenvalue weighted by molar-refractivity contribution is -0.152. The summed E-state index contributed by atoms with van der Waals surface area (Å²) < 4.78 is 0. The minimum absolute atomic E-state index is 0.0125. The number of rotatable bonds is 5. The molecule has 120 valence electrons. The zero-order chi connectivity index (χ0) is 15.4.